The number of halogens is 1. The van der Waals surface area contributed by atoms with Crippen molar-refractivity contribution in [3.63, 3.8) is 0 Å². The molecule has 88 valence electrons. The van der Waals surface area contributed by atoms with Gasteiger partial charge in [-0.05, 0) is 0 Å². The fourth-order valence-electron chi connectivity index (χ4n) is 1.61. The van der Waals surface area contributed by atoms with Crippen molar-refractivity contribution in [1.29, 1.82) is 0 Å². The molecule has 0 aliphatic rings. The summed E-state index contributed by atoms with van der Waals surface area (Å²) in [4.78, 5) is 11.1. The van der Waals surface area contributed by atoms with Crippen LogP contribution in [-0.2, 0) is 9.22 Å². The number of benzene rings is 1. The van der Waals surface area contributed by atoms with Crippen LogP contribution >= 0.6 is 22.6 Å². The standard InChI is InChI=1S/C12H12IN3O/c1-8(17)14-12-10(7-13)11(15-16-12)9-5-3-2-4-6-9/h2-6H,7H2,1H3,(H2,14,15,16,17). The van der Waals surface area contributed by atoms with Crippen LogP contribution in [0, 0.1) is 0 Å². The highest BCUT2D eigenvalue weighted by atomic mass is 127. The number of alkyl halides is 1. The van der Waals surface area contributed by atoms with Gasteiger partial charge in [0.2, 0.25) is 5.91 Å². The van der Waals surface area contributed by atoms with Gasteiger partial charge in [0.15, 0.2) is 0 Å². The number of carbonyl (C=O) groups is 1. The van der Waals surface area contributed by atoms with Crippen molar-refractivity contribution < 1.29 is 4.79 Å². The minimum atomic E-state index is -0.0978. The number of amides is 1. The Kier molecular flexibility index (Phi) is 3.78. The van der Waals surface area contributed by atoms with E-state index in [1.807, 2.05) is 30.3 Å². The van der Waals surface area contributed by atoms with E-state index in [1.54, 1.807) is 0 Å². The summed E-state index contributed by atoms with van der Waals surface area (Å²) in [6, 6.07) is 9.92. The number of hydrogen-bond acceptors (Lipinski definition) is 2. The average Bonchev–Trinajstić information content (AvgIpc) is 2.72. The zero-order valence-electron chi connectivity index (χ0n) is 9.33. The van der Waals surface area contributed by atoms with Crippen molar-refractivity contribution in [3.8, 4) is 11.3 Å². The van der Waals surface area contributed by atoms with Crippen molar-refractivity contribution in [1.82, 2.24) is 10.2 Å². The van der Waals surface area contributed by atoms with Gasteiger partial charge in [-0.15, -0.1) is 0 Å². The van der Waals surface area contributed by atoms with Crippen molar-refractivity contribution >= 4 is 34.3 Å². The van der Waals surface area contributed by atoms with Gasteiger partial charge in [-0.3, -0.25) is 9.89 Å². The number of nitrogens with one attached hydrogen (secondary N) is 2. The molecule has 0 spiro atoms. The first-order chi connectivity index (χ1) is 8.22. The first-order valence-corrected chi connectivity index (χ1v) is 6.71. The van der Waals surface area contributed by atoms with E-state index >= 15 is 0 Å². The van der Waals surface area contributed by atoms with Crippen LogP contribution in [0.4, 0.5) is 5.82 Å². The summed E-state index contributed by atoms with van der Waals surface area (Å²) in [6.45, 7) is 1.49. The second-order valence-electron chi connectivity index (χ2n) is 3.61. The Morgan fingerprint density at radius 3 is 2.71 bits per heavy atom. The predicted octanol–water partition coefficient (Wildman–Crippen LogP) is 2.97. The van der Waals surface area contributed by atoms with Crippen molar-refractivity contribution in [3.05, 3.63) is 35.9 Å². The Bertz CT molecular complexity index is 522. The molecule has 1 heterocycles. The summed E-state index contributed by atoms with van der Waals surface area (Å²) in [5, 5.41) is 9.89. The molecule has 0 unspecified atom stereocenters. The summed E-state index contributed by atoms with van der Waals surface area (Å²) in [5.41, 5.74) is 2.96. The fraction of sp³-hybridized carbons (Fsp3) is 0.167. The molecule has 17 heavy (non-hydrogen) atoms. The monoisotopic (exact) mass is 341 g/mol. The first-order valence-electron chi connectivity index (χ1n) is 5.18. The number of hydrogen-bond donors (Lipinski definition) is 2. The van der Waals surface area contributed by atoms with Gasteiger partial charge in [0, 0.05) is 22.5 Å². The molecule has 0 aliphatic carbocycles. The van der Waals surface area contributed by atoms with Crippen molar-refractivity contribution in [2.24, 2.45) is 0 Å². The van der Waals surface area contributed by atoms with Crippen LogP contribution in [0.15, 0.2) is 30.3 Å². The van der Waals surface area contributed by atoms with Crippen LogP contribution in [0.25, 0.3) is 11.3 Å². The maximum atomic E-state index is 11.1. The predicted molar refractivity (Wildman–Crippen MR) is 76.1 cm³/mol. The Labute approximate surface area is 113 Å². The summed E-state index contributed by atoms with van der Waals surface area (Å²) in [5.74, 6) is 0.588. The number of H-pyrrole nitrogens is 1. The van der Waals surface area contributed by atoms with Gasteiger partial charge in [0.1, 0.15) is 5.82 Å². The van der Waals surface area contributed by atoms with Crippen LogP contribution in [0.5, 0.6) is 0 Å². The number of nitrogens with zero attached hydrogens (tertiary/aromatic N) is 1. The van der Waals surface area contributed by atoms with Crippen LogP contribution in [0.3, 0.4) is 0 Å². The van der Waals surface area contributed by atoms with Gasteiger partial charge < -0.3 is 5.32 Å². The summed E-state index contributed by atoms with van der Waals surface area (Å²) in [7, 11) is 0. The van der Waals surface area contributed by atoms with E-state index in [0.717, 1.165) is 21.2 Å². The molecule has 4 nitrogen and oxygen atoms in total. The minimum Gasteiger partial charge on any atom is -0.311 e. The van der Waals surface area contributed by atoms with E-state index in [9.17, 15) is 4.79 Å². The molecular formula is C12H12IN3O. The first kappa shape index (κ1) is 12.1. The molecule has 2 aromatic rings. The molecule has 2 N–H and O–H groups in total. The zero-order valence-corrected chi connectivity index (χ0v) is 11.5. The van der Waals surface area contributed by atoms with Gasteiger partial charge in [-0.25, -0.2) is 0 Å². The van der Waals surface area contributed by atoms with E-state index in [0.29, 0.717) is 5.82 Å². The maximum absolute atomic E-state index is 11.1. The molecule has 1 aromatic heterocycles. The van der Waals surface area contributed by atoms with Gasteiger partial charge >= 0.3 is 0 Å². The molecular weight excluding hydrogens is 329 g/mol. The zero-order chi connectivity index (χ0) is 12.3. The Hall–Kier alpha value is -1.37. The SMILES string of the molecule is CC(=O)Nc1[nH]nc(-c2ccccc2)c1CI. The normalized spacial score (nSPS) is 10.2. The third kappa shape index (κ3) is 2.66. The highest BCUT2D eigenvalue weighted by molar-refractivity contribution is 14.1. The quantitative estimate of drug-likeness (QED) is 0.666. The van der Waals surface area contributed by atoms with E-state index in [1.165, 1.54) is 6.92 Å². The number of carbonyl (C=O) groups excluding carboxylic acids is 1. The highest BCUT2D eigenvalue weighted by Gasteiger charge is 2.14. The maximum Gasteiger partial charge on any atom is 0.222 e. The van der Waals surface area contributed by atoms with Crippen molar-refractivity contribution in [2.45, 2.75) is 11.4 Å². The lowest BCUT2D eigenvalue weighted by atomic mass is 10.1. The van der Waals surface area contributed by atoms with E-state index in [2.05, 4.69) is 38.1 Å². The molecule has 2 rings (SSSR count). The topological polar surface area (TPSA) is 57.8 Å². The van der Waals surface area contributed by atoms with Crippen LogP contribution in [-0.4, -0.2) is 16.1 Å². The lowest BCUT2D eigenvalue weighted by Gasteiger charge is -2.02. The Balaban J connectivity index is 2.42. The van der Waals surface area contributed by atoms with Crippen LogP contribution in [0.1, 0.15) is 12.5 Å². The average molecular weight is 341 g/mol. The van der Waals surface area contributed by atoms with Crippen LogP contribution in [0.2, 0.25) is 0 Å². The number of aromatic amines is 1. The van der Waals surface area contributed by atoms with E-state index < -0.39 is 0 Å². The molecule has 1 amide bonds. The molecule has 1 aromatic carbocycles. The number of rotatable bonds is 3. The Morgan fingerprint density at radius 1 is 1.41 bits per heavy atom. The molecule has 5 heteroatoms. The molecule has 0 aliphatic heterocycles. The summed E-state index contributed by atoms with van der Waals surface area (Å²) >= 11 is 2.26. The van der Waals surface area contributed by atoms with Gasteiger partial charge in [-0.1, -0.05) is 52.9 Å². The van der Waals surface area contributed by atoms with E-state index in [-0.39, 0.29) is 5.91 Å². The molecule has 0 bridgehead atoms. The third-order valence-electron chi connectivity index (χ3n) is 2.35. The highest BCUT2D eigenvalue weighted by Crippen LogP contribution is 2.28. The molecule has 0 saturated carbocycles. The number of aromatic nitrogens is 2. The Morgan fingerprint density at radius 2 is 2.12 bits per heavy atom. The van der Waals surface area contributed by atoms with Crippen molar-refractivity contribution in [2.75, 3.05) is 5.32 Å². The molecule has 0 fully saturated rings. The van der Waals surface area contributed by atoms with Gasteiger partial charge in [0.05, 0.1) is 5.69 Å². The van der Waals surface area contributed by atoms with Gasteiger partial charge in [-0.2, -0.15) is 5.10 Å². The third-order valence-corrected chi connectivity index (χ3v) is 3.11. The number of anilines is 1. The lowest BCUT2D eigenvalue weighted by molar-refractivity contribution is -0.114. The van der Waals surface area contributed by atoms with Gasteiger partial charge in [0.25, 0.3) is 0 Å². The molecule has 0 atom stereocenters. The van der Waals surface area contributed by atoms with E-state index in [4.69, 9.17) is 0 Å². The lowest BCUT2D eigenvalue weighted by Crippen LogP contribution is -2.07. The second kappa shape index (κ2) is 5.31. The fourth-order valence-corrected chi connectivity index (χ4v) is 2.35. The molecule has 0 saturated heterocycles. The summed E-state index contributed by atoms with van der Waals surface area (Å²) in [6.07, 6.45) is 0. The minimum absolute atomic E-state index is 0.0978. The summed E-state index contributed by atoms with van der Waals surface area (Å²) < 4.78 is 0.786. The molecule has 0 radical (unpaired) electrons. The van der Waals surface area contributed by atoms with Crippen LogP contribution < -0.4 is 5.32 Å². The second-order valence-corrected chi connectivity index (χ2v) is 4.37. The largest absolute Gasteiger partial charge is 0.311 e. The smallest absolute Gasteiger partial charge is 0.222 e.